The standard InChI is InChI=1S/C25H36N2O2/c1-28-24-11-10-23(19-25(24)29-2)20-26-14-6-7-15-27-16-12-22(13-17-27)18-21-8-4-3-5-9-21/h3-5,8-11,19,22,26H,6-7,12-18,20H2,1-2H3. The number of hydrogen-bond donors (Lipinski definition) is 1. The summed E-state index contributed by atoms with van der Waals surface area (Å²) in [5, 5.41) is 3.55. The molecule has 1 heterocycles. The monoisotopic (exact) mass is 396 g/mol. The van der Waals surface area contributed by atoms with Gasteiger partial charge in [0.25, 0.3) is 0 Å². The Kier molecular flexibility index (Phi) is 8.84. The van der Waals surface area contributed by atoms with Crippen LogP contribution in [0.2, 0.25) is 0 Å². The maximum Gasteiger partial charge on any atom is 0.161 e. The Morgan fingerprint density at radius 3 is 2.38 bits per heavy atom. The highest BCUT2D eigenvalue weighted by molar-refractivity contribution is 5.42. The molecule has 0 aromatic heterocycles. The number of methoxy groups -OCH3 is 2. The normalized spacial score (nSPS) is 15.4. The lowest BCUT2D eigenvalue weighted by Gasteiger charge is -2.32. The van der Waals surface area contributed by atoms with Gasteiger partial charge in [0.1, 0.15) is 0 Å². The van der Waals surface area contributed by atoms with Crippen molar-refractivity contribution in [1.82, 2.24) is 10.2 Å². The third-order valence-electron chi connectivity index (χ3n) is 5.93. The van der Waals surface area contributed by atoms with Crippen LogP contribution in [0.15, 0.2) is 48.5 Å². The van der Waals surface area contributed by atoms with Crippen molar-refractivity contribution in [3.05, 3.63) is 59.7 Å². The predicted octanol–water partition coefficient (Wildman–Crippen LogP) is 4.53. The highest BCUT2D eigenvalue weighted by Gasteiger charge is 2.18. The molecule has 1 aliphatic rings. The lowest BCUT2D eigenvalue weighted by Crippen LogP contribution is -2.35. The van der Waals surface area contributed by atoms with E-state index in [0.717, 1.165) is 30.5 Å². The first-order chi connectivity index (χ1) is 14.3. The first-order valence-electron chi connectivity index (χ1n) is 11.0. The summed E-state index contributed by atoms with van der Waals surface area (Å²) in [6.07, 6.45) is 6.41. The number of unbranched alkanes of at least 4 members (excludes halogenated alkanes) is 1. The molecule has 0 unspecified atom stereocenters. The van der Waals surface area contributed by atoms with Crippen LogP contribution in [0.25, 0.3) is 0 Å². The van der Waals surface area contributed by atoms with E-state index in [0.29, 0.717) is 0 Å². The molecular weight excluding hydrogens is 360 g/mol. The average molecular weight is 397 g/mol. The zero-order valence-electron chi connectivity index (χ0n) is 18.0. The van der Waals surface area contributed by atoms with E-state index in [9.17, 15) is 0 Å². The minimum atomic E-state index is 0.781. The quantitative estimate of drug-likeness (QED) is 0.566. The van der Waals surface area contributed by atoms with Crippen molar-refractivity contribution in [2.75, 3.05) is 40.4 Å². The molecule has 2 aromatic carbocycles. The Bertz CT molecular complexity index is 712. The molecule has 0 spiro atoms. The first-order valence-corrected chi connectivity index (χ1v) is 11.0. The SMILES string of the molecule is COc1ccc(CNCCCCN2CCC(Cc3ccccc3)CC2)cc1OC. The molecule has 0 bridgehead atoms. The fraction of sp³-hybridized carbons (Fsp3) is 0.520. The highest BCUT2D eigenvalue weighted by atomic mass is 16.5. The van der Waals surface area contributed by atoms with Crippen LogP contribution < -0.4 is 14.8 Å². The molecule has 2 aromatic rings. The Hall–Kier alpha value is -2.04. The maximum atomic E-state index is 5.37. The number of nitrogens with zero attached hydrogens (tertiary/aromatic N) is 1. The van der Waals surface area contributed by atoms with Crippen molar-refractivity contribution in [3.63, 3.8) is 0 Å². The van der Waals surface area contributed by atoms with Crippen molar-refractivity contribution in [2.45, 2.75) is 38.6 Å². The summed E-state index contributed by atoms with van der Waals surface area (Å²) in [4.78, 5) is 2.65. The summed E-state index contributed by atoms with van der Waals surface area (Å²) in [5.74, 6) is 2.43. The third kappa shape index (κ3) is 7.06. The number of benzene rings is 2. The average Bonchev–Trinajstić information content (AvgIpc) is 2.77. The maximum absolute atomic E-state index is 5.37. The van der Waals surface area contributed by atoms with Gasteiger partial charge in [0.15, 0.2) is 11.5 Å². The Morgan fingerprint density at radius 2 is 1.66 bits per heavy atom. The van der Waals surface area contributed by atoms with E-state index in [-0.39, 0.29) is 0 Å². The van der Waals surface area contributed by atoms with Gasteiger partial charge in [-0.2, -0.15) is 0 Å². The van der Waals surface area contributed by atoms with Crippen molar-refractivity contribution in [1.29, 1.82) is 0 Å². The van der Waals surface area contributed by atoms with E-state index >= 15 is 0 Å². The zero-order valence-corrected chi connectivity index (χ0v) is 18.0. The number of piperidine rings is 1. The third-order valence-corrected chi connectivity index (χ3v) is 5.93. The number of rotatable bonds is 11. The van der Waals surface area contributed by atoms with Crippen LogP contribution in [-0.4, -0.2) is 45.3 Å². The second-order valence-electron chi connectivity index (χ2n) is 8.05. The minimum Gasteiger partial charge on any atom is -0.493 e. The second kappa shape index (κ2) is 11.8. The number of ether oxygens (including phenoxy) is 2. The summed E-state index contributed by atoms with van der Waals surface area (Å²) >= 11 is 0. The van der Waals surface area contributed by atoms with Gasteiger partial charge in [0.2, 0.25) is 0 Å². The smallest absolute Gasteiger partial charge is 0.161 e. The van der Waals surface area contributed by atoms with Crippen LogP contribution in [-0.2, 0) is 13.0 Å². The van der Waals surface area contributed by atoms with E-state index in [2.05, 4.69) is 46.6 Å². The topological polar surface area (TPSA) is 33.7 Å². The fourth-order valence-corrected chi connectivity index (χ4v) is 4.17. The molecule has 0 aliphatic carbocycles. The van der Waals surface area contributed by atoms with Gasteiger partial charge in [-0.3, -0.25) is 0 Å². The van der Waals surface area contributed by atoms with E-state index in [1.54, 1.807) is 14.2 Å². The lowest BCUT2D eigenvalue weighted by atomic mass is 9.90. The van der Waals surface area contributed by atoms with Gasteiger partial charge in [0, 0.05) is 6.54 Å². The zero-order chi connectivity index (χ0) is 20.3. The first kappa shape index (κ1) is 21.7. The molecule has 4 nitrogen and oxygen atoms in total. The molecule has 1 aliphatic heterocycles. The van der Waals surface area contributed by atoms with Crippen molar-refractivity contribution in [3.8, 4) is 11.5 Å². The van der Waals surface area contributed by atoms with E-state index in [1.807, 2.05) is 12.1 Å². The Balaban J connectivity index is 1.25. The molecule has 0 radical (unpaired) electrons. The van der Waals surface area contributed by atoms with Crippen LogP contribution in [0.5, 0.6) is 11.5 Å². The van der Waals surface area contributed by atoms with E-state index in [1.165, 1.54) is 62.9 Å². The molecule has 3 rings (SSSR count). The molecule has 4 heteroatoms. The molecule has 29 heavy (non-hydrogen) atoms. The lowest BCUT2D eigenvalue weighted by molar-refractivity contribution is 0.181. The van der Waals surface area contributed by atoms with Crippen molar-refractivity contribution in [2.24, 2.45) is 5.92 Å². The molecule has 0 atom stereocenters. The van der Waals surface area contributed by atoms with Gasteiger partial charge in [-0.15, -0.1) is 0 Å². The Labute approximate surface area is 176 Å². The molecule has 1 fully saturated rings. The van der Waals surface area contributed by atoms with Crippen LogP contribution in [0, 0.1) is 5.92 Å². The molecule has 0 saturated carbocycles. The van der Waals surface area contributed by atoms with Gasteiger partial charge in [0.05, 0.1) is 14.2 Å². The summed E-state index contributed by atoms with van der Waals surface area (Å²) < 4.78 is 10.7. The number of nitrogens with one attached hydrogen (secondary N) is 1. The van der Waals surface area contributed by atoms with Gasteiger partial charge in [-0.05, 0) is 87.5 Å². The molecule has 1 saturated heterocycles. The van der Waals surface area contributed by atoms with Crippen LogP contribution in [0.3, 0.4) is 0 Å². The van der Waals surface area contributed by atoms with Crippen LogP contribution in [0.4, 0.5) is 0 Å². The van der Waals surface area contributed by atoms with Gasteiger partial charge in [-0.1, -0.05) is 36.4 Å². The fourth-order valence-electron chi connectivity index (χ4n) is 4.17. The number of hydrogen-bond acceptors (Lipinski definition) is 4. The molecule has 0 amide bonds. The van der Waals surface area contributed by atoms with E-state index < -0.39 is 0 Å². The van der Waals surface area contributed by atoms with Gasteiger partial charge in [-0.25, -0.2) is 0 Å². The van der Waals surface area contributed by atoms with Crippen LogP contribution in [0.1, 0.15) is 36.8 Å². The Morgan fingerprint density at radius 1 is 0.897 bits per heavy atom. The second-order valence-corrected chi connectivity index (χ2v) is 8.05. The van der Waals surface area contributed by atoms with Gasteiger partial charge >= 0.3 is 0 Å². The van der Waals surface area contributed by atoms with E-state index in [4.69, 9.17) is 9.47 Å². The number of likely N-dealkylation sites (tertiary alicyclic amines) is 1. The van der Waals surface area contributed by atoms with Crippen molar-refractivity contribution < 1.29 is 9.47 Å². The highest BCUT2D eigenvalue weighted by Crippen LogP contribution is 2.27. The molecular formula is C25H36N2O2. The van der Waals surface area contributed by atoms with Crippen LogP contribution >= 0.6 is 0 Å². The summed E-state index contributed by atoms with van der Waals surface area (Å²) in [7, 11) is 3.35. The summed E-state index contributed by atoms with van der Waals surface area (Å²) in [6.45, 7) is 5.67. The summed E-state index contributed by atoms with van der Waals surface area (Å²) in [5.41, 5.74) is 2.72. The molecule has 1 N–H and O–H groups in total. The predicted molar refractivity (Wildman–Crippen MR) is 120 cm³/mol. The minimum absolute atomic E-state index is 0.781. The van der Waals surface area contributed by atoms with Gasteiger partial charge < -0.3 is 19.7 Å². The molecule has 158 valence electrons. The summed E-state index contributed by atoms with van der Waals surface area (Å²) in [6, 6.07) is 17.1. The largest absolute Gasteiger partial charge is 0.493 e. The van der Waals surface area contributed by atoms with Crippen molar-refractivity contribution >= 4 is 0 Å².